The van der Waals surface area contributed by atoms with Crippen LogP contribution < -0.4 is 0 Å². The molecule has 0 fully saturated rings. The van der Waals surface area contributed by atoms with Crippen molar-refractivity contribution in [3.63, 3.8) is 0 Å². The largest absolute Gasteiger partial charge is 0.416 e. The summed E-state index contributed by atoms with van der Waals surface area (Å²) in [5.41, 5.74) is 0.498. The molecule has 3 rings (SSSR count). The first-order valence-corrected chi connectivity index (χ1v) is 7.75. The second kappa shape index (κ2) is 6.59. The maximum atomic E-state index is 12.6. The van der Waals surface area contributed by atoms with Crippen LogP contribution in [-0.2, 0) is 12.7 Å². The first kappa shape index (κ1) is 17.0. The number of hydrogen-bond donors (Lipinski definition) is 0. The Labute approximate surface area is 143 Å². The molecule has 1 amide bonds. The number of fused-ring (bicyclic) bond motifs is 1. The number of carbonyl (C=O) groups excluding carboxylic acids is 1. The van der Waals surface area contributed by atoms with Crippen molar-refractivity contribution in [2.75, 3.05) is 7.05 Å². The lowest BCUT2D eigenvalue weighted by atomic mass is 10.1. The smallest absolute Gasteiger partial charge is 0.337 e. The zero-order valence-corrected chi connectivity index (χ0v) is 13.5. The highest BCUT2D eigenvalue weighted by atomic mass is 19.4. The van der Waals surface area contributed by atoms with Crippen LogP contribution in [0.3, 0.4) is 0 Å². The van der Waals surface area contributed by atoms with Crippen LogP contribution in [-0.4, -0.2) is 17.9 Å². The van der Waals surface area contributed by atoms with Gasteiger partial charge in [0.05, 0.1) is 5.56 Å². The second-order valence-corrected chi connectivity index (χ2v) is 5.92. The Balaban J connectivity index is 1.75. The van der Waals surface area contributed by atoms with E-state index in [1.807, 2.05) is 36.4 Å². The summed E-state index contributed by atoms with van der Waals surface area (Å²) in [5, 5.41) is 2.01. The van der Waals surface area contributed by atoms with Crippen molar-refractivity contribution < 1.29 is 18.0 Å². The van der Waals surface area contributed by atoms with Gasteiger partial charge in [-0.25, -0.2) is 0 Å². The minimum atomic E-state index is -4.36. The van der Waals surface area contributed by atoms with Crippen molar-refractivity contribution in [2.45, 2.75) is 12.7 Å². The molecule has 2 nitrogen and oxygen atoms in total. The van der Waals surface area contributed by atoms with E-state index in [2.05, 4.69) is 0 Å². The van der Waals surface area contributed by atoms with Crippen LogP contribution >= 0.6 is 0 Å². The van der Waals surface area contributed by atoms with Crippen LogP contribution in [0, 0.1) is 0 Å². The number of carbonyl (C=O) groups is 1. The van der Waals surface area contributed by atoms with Gasteiger partial charge < -0.3 is 4.90 Å². The first-order chi connectivity index (χ1) is 11.8. The maximum Gasteiger partial charge on any atom is 0.416 e. The molecule has 0 N–H and O–H groups in total. The molecule has 0 spiro atoms. The first-order valence-electron chi connectivity index (χ1n) is 7.75. The Kier molecular flexibility index (Phi) is 4.49. The summed E-state index contributed by atoms with van der Waals surface area (Å²) in [7, 11) is 1.63. The van der Waals surface area contributed by atoms with Gasteiger partial charge in [-0.3, -0.25) is 4.79 Å². The van der Waals surface area contributed by atoms with E-state index in [0.717, 1.165) is 22.9 Å². The average molecular weight is 343 g/mol. The molecule has 25 heavy (non-hydrogen) atoms. The molecule has 0 aliphatic rings. The van der Waals surface area contributed by atoms with E-state index in [4.69, 9.17) is 0 Å². The second-order valence-electron chi connectivity index (χ2n) is 5.92. The molecular weight excluding hydrogens is 327 g/mol. The lowest BCUT2D eigenvalue weighted by Gasteiger charge is -2.18. The summed E-state index contributed by atoms with van der Waals surface area (Å²) in [5.74, 6) is -0.175. The normalized spacial score (nSPS) is 11.5. The van der Waals surface area contributed by atoms with Crippen molar-refractivity contribution in [1.82, 2.24) is 4.90 Å². The quantitative estimate of drug-likeness (QED) is 0.645. The molecule has 0 saturated heterocycles. The van der Waals surface area contributed by atoms with Gasteiger partial charge in [0, 0.05) is 19.2 Å². The number of alkyl halides is 3. The Morgan fingerprint density at radius 3 is 2.20 bits per heavy atom. The fourth-order valence-electron chi connectivity index (χ4n) is 2.69. The van der Waals surface area contributed by atoms with Crippen LogP contribution in [0.4, 0.5) is 13.2 Å². The fraction of sp³-hybridized carbons (Fsp3) is 0.150. The lowest BCUT2D eigenvalue weighted by molar-refractivity contribution is -0.137. The SMILES string of the molecule is CN(Cc1ccc(C(F)(F)F)cc1)C(=O)c1ccc2ccccc2c1. The molecule has 0 aromatic heterocycles. The van der Waals surface area contributed by atoms with Gasteiger partial charge in [-0.1, -0.05) is 42.5 Å². The number of hydrogen-bond acceptors (Lipinski definition) is 1. The summed E-state index contributed by atoms with van der Waals surface area (Å²) < 4.78 is 37.8. The molecule has 5 heteroatoms. The van der Waals surface area contributed by atoms with Crippen molar-refractivity contribution >= 4 is 16.7 Å². The average Bonchev–Trinajstić information content (AvgIpc) is 2.60. The molecule has 3 aromatic carbocycles. The summed E-state index contributed by atoms with van der Waals surface area (Å²) in [6.07, 6.45) is -4.36. The molecule has 0 heterocycles. The monoisotopic (exact) mass is 343 g/mol. The van der Waals surface area contributed by atoms with Gasteiger partial charge in [0.15, 0.2) is 0 Å². The topological polar surface area (TPSA) is 20.3 Å². The highest BCUT2D eigenvalue weighted by Crippen LogP contribution is 2.29. The molecule has 0 radical (unpaired) electrons. The van der Waals surface area contributed by atoms with Crippen LogP contribution in [0.2, 0.25) is 0 Å². The summed E-state index contributed by atoms with van der Waals surface area (Å²) in [4.78, 5) is 14.1. The third-order valence-corrected chi connectivity index (χ3v) is 4.04. The number of rotatable bonds is 3. The van der Waals surface area contributed by atoms with Crippen LogP contribution in [0.1, 0.15) is 21.5 Å². The van der Waals surface area contributed by atoms with E-state index in [-0.39, 0.29) is 12.5 Å². The van der Waals surface area contributed by atoms with E-state index in [9.17, 15) is 18.0 Å². The van der Waals surface area contributed by atoms with Crippen LogP contribution in [0.25, 0.3) is 10.8 Å². The Bertz CT molecular complexity index is 901. The molecule has 3 aromatic rings. The van der Waals surface area contributed by atoms with Gasteiger partial charge in [0.25, 0.3) is 5.91 Å². The third kappa shape index (κ3) is 3.82. The third-order valence-electron chi connectivity index (χ3n) is 4.04. The van der Waals surface area contributed by atoms with Gasteiger partial charge in [-0.15, -0.1) is 0 Å². The molecule has 128 valence electrons. The van der Waals surface area contributed by atoms with E-state index < -0.39 is 11.7 Å². The van der Waals surface area contributed by atoms with Gasteiger partial charge >= 0.3 is 6.18 Å². The van der Waals surface area contributed by atoms with E-state index >= 15 is 0 Å². The fourth-order valence-corrected chi connectivity index (χ4v) is 2.69. The highest BCUT2D eigenvalue weighted by molar-refractivity contribution is 5.98. The molecule has 0 unspecified atom stereocenters. The van der Waals surface area contributed by atoms with Crippen LogP contribution in [0.15, 0.2) is 66.7 Å². The van der Waals surface area contributed by atoms with Crippen molar-refractivity contribution in [3.8, 4) is 0 Å². The van der Waals surface area contributed by atoms with Crippen molar-refractivity contribution in [2.24, 2.45) is 0 Å². The molecule has 0 aliphatic carbocycles. The minimum absolute atomic E-state index is 0.175. The summed E-state index contributed by atoms with van der Waals surface area (Å²) in [6.45, 7) is 0.240. The zero-order chi connectivity index (χ0) is 18.0. The molecular formula is C20H16F3NO. The molecule has 0 saturated carbocycles. The highest BCUT2D eigenvalue weighted by Gasteiger charge is 2.30. The Morgan fingerprint density at radius 2 is 1.56 bits per heavy atom. The number of halogens is 3. The summed E-state index contributed by atoms with van der Waals surface area (Å²) in [6, 6.07) is 18.1. The van der Waals surface area contributed by atoms with Crippen molar-refractivity contribution in [1.29, 1.82) is 0 Å². The van der Waals surface area contributed by atoms with Gasteiger partial charge in [0.1, 0.15) is 0 Å². The van der Waals surface area contributed by atoms with Crippen molar-refractivity contribution in [3.05, 3.63) is 83.4 Å². The number of nitrogens with zero attached hydrogens (tertiary/aromatic N) is 1. The van der Waals surface area contributed by atoms with Gasteiger partial charge in [-0.2, -0.15) is 13.2 Å². The van der Waals surface area contributed by atoms with Gasteiger partial charge in [-0.05, 0) is 40.6 Å². The lowest BCUT2D eigenvalue weighted by Crippen LogP contribution is -2.26. The predicted molar refractivity (Wildman–Crippen MR) is 91.2 cm³/mol. The molecule has 0 bridgehead atoms. The van der Waals surface area contributed by atoms with Crippen LogP contribution in [0.5, 0.6) is 0 Å². The van der Waals surface area contributed by atoms with Gasteiger partial charge in [0.2, 0.25) is 0 Å². The zero-order valence-electron chi connectivity index (χ0n) is 13.5. The molecule has 0 aliphatic heterocycles. The Hall–Kier alpha value is -2.82. The standard InChI is InChI=1S/C20H16F3NO/c1-24(13-14-6-10-18(11-7-14)20(21,22)23)19(25)17-9-8-15-4-2-3-5-16(15)12-17/h2-12H,13H2,1H3. The summed E-state index contributed by atoms with van der Waals surface area (Å²) >= 11 is 0. The maximum absolute atomic E-state index is 12.6. The number of amides is 1. The molecule has 0 atom stereocenters. The van der Waals surface area contributed by atoms with E-state index in [0.29, 0.717) is 11.1 Å². The number of benzene rings is 3. The van der Waals surface area contributed by atoms with E-state index in [1.54, 1.807) is 13.1 Å². The van der Waals surface area contributed by atoms with E-state index in [1.165, 1.54) is 17.0 Å². The predicted octanol–water partition coefficient (Wildman–Crippen LogP) is 5.13. The minimum Gasteiger partial charge on any atom is -0.337 e. The Morgan fingerprint density at radius 1 is 0.920 bits per heavy atom.